The molecule has 0 bridgehead atoms. The minimum Gasteiger partial charge on any atom is -0.504 e. The molecule has 0 saturated carbocycles. The largest absolute Gasteiger partial charge is 0.504 e. The Balaban J connectivity index is 2.08. The van der Waals surface area contributed by atoms with E-state index in [1.807, 2.05) is 48.5 Å². The van der Waals surface area contributed by atoms with Crippen LogP contribution in [-0.4, -0.2) is 22.2 Å². The molecular weight excluding hydrogens is 288 g/mol. The van der Waals surface area contributed by atoms with Gasteiger partial charge in [0.2, 0.25) is 0 Å². The normalized spacial score (nSPS) is 11.0. The molecule has 112 valence electrons. The molecule has 0 atom stereocenters. The number of fused-ring (bicyclic) bond motifs is 2. The maximum atomic E-state index is 10.7. The lowest BCUT2D eigenvalue weighted by Crippen LogP contribution is -1.90. The molecule has 0 aliphatic rings. The quantitative estimate of drug-likeness (QED) is 0.604. The fourth-order valence-corrected chi connectivity index (χ4v) is 2.89. The second-order valence-corrected chi connectivity index (χ2v) is 5.32. The van der Waals surface area contributed by atoms with Gasteiger partial charge in [-0.25, -0.2) is 9.97 Å². The fourth-order valence-electron chi connectivity index (χ4n) is 2.89. The van der Waals surface area contributed by atoms with Gasteiger partial charge in [0.05, 0.1) is 12.6 Å². The van der Waals surface area contributed by atoms with Crippen LogP contribution in [0.4, 0.5) is 0 Å². The van der Waals surface area contributed by atoms with Crippen LogP contribution in [0.5, 0.6) is 11.5 Å². The van der Waals surface area contributed by atoms with Crippen molar-refractivity contribution in [1.82, 2.24) is 9.97 Å². The number of hydrogen-bond donors (Lipinski definition) is 1. The molecule has 1 N–H and O–H groups in total. The number of aromatic hydroxyl groups is 1. The van der Waals surface area contributed by atoms with Crippen LogP contribution < -0.4 is 4.74 Å². The number of phenols is 1. The molecule has 23 heavy (non-hydrogen) atoms. The summed E-state index contributed by atoms with van der Waals surface area (Å²) in [7, 11) is 1.56. The third-order valence-electron chi connectivity index (χ3n) is 4.00. The smallest absolute Gasteiger partial charge is 0.166 e. The third-order valence-corrected chi connectivity index (χ3v) is 4.00. The van der Waals surface area contributed by atoms with E-state index in [1.54, 1.807) is 13.3 Å². The van der Waals surface area contributed by atoms with Gasteiger partial charge < -0.3 is 9.84 Å². The molecule has 4 nitrogen and oxygen atoms in total. The number of methoxy groups -OCH3 is 1. The second kappa shape index (κ2) is 5.25. The second-order valence-electron chi connectivity index (χ2n) is 5.32. The van der Waals surface area contributed by atoms with Gasteiger partial charge in [0.1, 0.15) is 6.33 Å². The number of hydrogen-bond acceptors (Lipinski definition) is 4. The number of phenolic OH excluding ortho intramolecular Hbond substituents is 1. The van der Waals surface area contributed by atoms with Crippen LogP contribution in [0.1, 0.15) is 0 Å². The predicted octanol–water partition coefficient (Wildman–Crippen LogP) is 4.16. The van der Waals surface area contributed by atoms with Crippen molar-refractivity contribution in [2.75, 3.05) is 7.11 Å². The molecule has 0 radical (unpaired) electrons. The standard InChI is InChI=1S/C19H14N2O2/c1-23-17-9-12-4-2-3-5-15(12)18(19(17)22)13-6-7-14-10-20-11-21-16(14)8-13/h2-11,22H,1H3. The van der Waals surface area contributed by atoms with Crippen molar-refractivity contribution in [3.63, 3.8) is 0 Å². The Hall–Kier alpha value is -3.14. The summed E-state index contributed by atoms with van der Waals surface area (Å²) in [4.78, 5) is 8.33. The topological polar surface area (TPSA) is 55.2 Å². The summed E-state index contributed by atoms with van der Waals surface area (Å²) in [5.74, 6) is 0.598. The first-order valence-corrected chi connectivity index (χ1v) is 7.27. The van der Waals surface area contributed by atoms with Crippen LogP contribution in [0.15, 0.2) is 61.1 Å². The molecule has 1 aromatic heterocycles. The summed E-state index contributed by atoms with van der Waals surface area (Å²) in [5, 5.41) is 13.6. The molecule has 0 amide bonds. The molecule has 4 aromatic rings. The van der Waals surface area contributed by atoms with Crippen molar-refractivity contribution in [1.29, 1.82) is 0 Å². The molecule has 0 fully saturated rings. The number of ether oxygens (including phenoxy) is 1. The van der Waals surface area contributed by atoms with E-state index >= 15 is 0 Å². The SMILES string of the molecule is COc1cc2ccccc2c(-c2ccc3cncnc3c2)c1O. The molecule has 4 rings (SSSR count). The van der Waals surface area contributed by atoms with Gasteiger partial charge in [-0.05, 0) is 28.5 Å². The average molecular weight is 302 g/mol. The van der Waals surface area contributed by atoms with Gasteiger partial charge in [-0.15, -0.1) is 0 Å². The van der Waals surface area contributed by atoms with Crippen LogP contribution in [0.25, 0.3) is 32.8 Å². The third kappa shape index (κ3) is 2.16. The minimum atomic E-state index is 0.139. The van der Waals surface area contributed by atoms with Gasteiger partial charge in [0, 0.05) is 17.1 Å². The van der Waals surface area contributed by atoms with Crippen molar-refractivity contribution in [2.45, 2.75) is 0 Å². The average Bonchev–Trinajstić information content (AvgIpc) is 2.61. The number of nitrogens with zero attached hydrogens (tertiary/aromatic N) is 2. The molecular formula is C19H14N2O2. The zero-order valence-electron chi connectivity index (χ0n) is 12.5. The molecule has 4 heteroatoms. The summed E-state index contributed by atoms with van der Waals surface area (Å²) in [5.41, 5.74) is 2.48. The highest BCUT2D eigenvalue weighted by Crippen LogP contribution is 2.43. The van der Waals surface area contributed by atoms with Crippen molar-refractivity contribution >= 4 is 21.7 Å². The lowest BCUT2D eigenvalue weighted by molar-refractivity contribution is 0.375. The zero-order valence-corrected chi connectivity index (χ0v) is 12.5. The van der Waals surface area contributed by atoms with Crippen molar-refractivity contribution in [2.24, 2.45) is 0 Å². The first kappa shape index (κ1) is 13.5. The highest BCUT2D eigenvalue weighted by Gasteiger charge is 2.15. The molecule has 3 aromatic carbocycles. The van der Waals surface area contributed by atoms with E-state index in [1.165, 1.54) is 6.33 Å². The Kier molecular flexibility index (Phi) is 3.08. The van der Waals surface area contributed by atoms with Crippen molar-refractivity contribution < 1.29 is 9.84 Å². The van der Waals surface area contributed by atoms with Gasteiger partial charge in [-0.3, -0.25) is 0 Å². The van der Waals surface area contributed by atoms with E-state index in [0.717, 1.165) is 32.8 Å². The van der Waals surface area contributed by atoms with E-state index in [9.17, 15) is 5.11 Å². The number of rotatable bonds is 2. The lowest BCUT2D eigenvalue weighted by atomic mass is 9.96. The van der Waals surface area contributed by atoms with E-state index < -0.39 is 0 Å². The summed E-state index contributed by atoms with van der Waals surface area (Å²) in [6.07, 6.45) is 3.30. The van der Waals surface area contributed by atoms with Crippen LogP contribution in [0.3, 0.4) is 0 Å². The van der Waals surface area contributed by atoms with Crippen LogP contribution in [-0.2, 0) is 0 Å². The number of aromatic nitrogens is 2. The van der Waals surface area contributed by atoms with Gasteiger partial charge in [0.25, 0.3) is 0 Å². The van der Waals surface area contributed by atoms with Crippen LogP contribution in [0, 0.1) is 0 Å². The lowest BCUT2D eigenvalue weighted by Gasteiger charge is -2.13. The molecule has 0 aliphatic carbocycles. The van der Waals surface area contributed by atoms with E-state index in [0.29, 0.717) is 5.75 Å². The van der Waals surface area contributed by atoms with E-state index in [2.05, 4.69) is 9.97 Å². The van der Waals surface area contributed by atoms with Gasteiger partial charge >= 0.3 is 0 Å². The molecule has 0 aliphatic heterocycles. The highest BCUT2D eigenvalue weighted by atomic mass is 16.5. The highest BCUT2D eigenvalue weighted by molar-refractivity contribution is 6.02. The first-order valence-electron chi connectivity index (χ1n) is 7.27. The molecule has 0 unspecified atom stereocenters. The molecule has 0 spiro atoms. The van der Waals surface area contributed by atoms with E-state index in [-0.39, 0.29) is 5.75 Å². The van der Waals surface area contributed by atoms with Gasteiger partial charge in [0.15, 0.2) is 11.5 Å². The van der Waals surface area contributed by atoms with Crippen LogP contribution in [0.2, 0.25) is 0 Å². The Morgan fingerprint density at radius 3 is 2.74 bits per heavy atom. The monoisotopic (exact) mass is 302 g/mol. The van der Waals surface area contributed by atoms with Gasteiger partial charge in [-0.1, -0.05) is 36.4 Å². The van der Waals surface area contributed by atoms with E-state index in [4.69, 9.17) is 4.74 Å². The minimum absolute atomic E-state index is 0.139. The Labute approximate surface area is 133 Å². The maximum absolute atomic E-state index is 10.7. The maximum Gasteiger partial charge on any atom is 0.166 e. The summed E-state index contributed by atoms with van der Waals surface area (Å²) in [6, 6.07) is 15.6. The summed E-state index contributed by atoms with van der Waals surface area (Å²) < 4.78 is 5.33. The van der Waals surface area contributed by atoms with Gasteiger partial charge in [-0.2, -0.15) is 0 Å². The zero-order chi connectivity index (χ0) is 15.8. The van der Waals surface area contributed by atoms with Crippen molar-refractivity contribution in [3.05, 3.63) is 61.1 Å². The molecule has 1 heterocycles. The fraction of sp³-hybridized carbons (Fsp3) is 0.0526. The Morgan fingerprint density at radius 1 is 1.00 bits per heavy atom. The summed E-state index contributed by atoms with van der Waals surface area (Å²) >= 11 is 0. The first-order chi connectivity index (χ1) is 11.3. The van der Waals surface area contributed by atoms with Crippen LogP contribution >= 0.6 is 0 Å². The van der Waals surface area contributed by atoms with Crippen molar-refractivity contribution in [3.8, 4) is 22.6 Å². The number of benzene rings is 3. The summed E-state index contributed by atoms with van der Waals surface area (Å²) in [6.45, 7) is 0. The Bertz CT molecular complexity index is 1030. The Morgan fingerprint density at radius 2 is 1.87 bits per heavy atom. The predicted molar refractivity (Wildman–Crippen MR) is 90.7 cm³/mol. The molecule has 0 saturated heterocycles.